The third-order valence-electron chi connectivity index (χ3n) is 2.67. The van der Waals surface area contributed by atoms with Gasteiger partial charge in [-0.15, -0.1) is 11.3 Å². The predicted octanol–water partition coefficient (Wildman–Crippen LogP) is 2.74. The fraction of sp³-hybridized carbons (Fsp3) is 0.583. The van der Waals surface area contributed by atoms with Crippen LogP contribution in [-0.4, -0.2) is 20.6 Å². The quantitative estimate of drug-likeness (QED) is 0.869. The first-order chi connectivity index (χ1) is 7.65. The molecule has 0 saturated carbocycles. The normalized spacial score (nSPS) is 13.8. The van der Waals surface area contributed by atoms with Crippen LogP contribution in [0.5, 0.6) is 0 Å². The Bertz CT molecular complexity index is 418. The highest BCUT2D eigenvalue weighted by Gasteiger charge is 2.10. The van der Waals surface area contributed by atoms with Crippen LogP contribution in [0.2, 0.25) is 0 Å². The minimum absolute atomic E-state index is 0.257. The summed E-state index contributed by atoms with van der Waals surface area (Å²) < 4.78 is 2.01. The van der Waals surface area contributed by atoms with Crippen molar-refractivity contribution < 1.29 is 5.11 Å². The van der Waals surface area contributed by atoms with Gasteiger partial charge in [0.15, 0.2) is 4.96 Å². The molecule has 0 spiro atoms. The van der Waals surface area contributed by atoms with Gasteiger partial charge >= 0.3 is 0 Å². The van der Waals surface area contributed by atoms with Gasteiger partial charge in [0.05, 0.1) is 11.8 Å². The average Bonchev–Trinajstić information content (AvgIpc) is 2.74. The van der Waals surface area contributed by atoms with E-state index in [1.165, 1.54) is 0 Å². The molecule has 0 aliphatic heterocycles. The van der Waals surface area contributed by atoms with Gasteiger partial charge in [-0.05, 0) is 18.8 Å². The minimum Gasteiger partial charge on any atom is -0.393 e. The molecule has 2 heterocycles. The SMILES string of the molecule is CC(C)CCC(O)Cc1cn2ccsc2n1. The van der Waals surface area contributed by atoms with Crippen LogP contribution >= 0.6 is 11.3 Å². The zero-order chi connectivity index (χ0) is 11.5. The van der Waals surface area contributed by atoms with Gasteiger partial charge in [0.25, 0.3) is 0 Å². The fourth-order valence-corrected chi connectivity index (χ4v) is 2.46. The van der Waals surface area contributed by atoms with E-state index in [4.69, 9.17) is 0 Å². The molecule has 0 bridgehead atoms. The molecule has 4 heteroatoms. The highest BCUT2D eigenvalue weighted by molar-refractivity contribution is 7.15. The molecule has 0 amide bonds. The summed E-state index contributed by atoms with van der Waals surface area (Å²) in [6.45, 7) is 4.36. The largest absolute Gasteiger partial charge is 0.393 e. The van der Waals surface area contributed by atoms with Crippen LogP contribution in [0, 0.1) is 5.92 Å². The van der Waals surface area contributed by atoms with Gasteiger partial charge in [-0.1, -0.05) is 13.8 Å². The van der Waals surface area contributed by atoms with Crippen LogP contribution in [0.3, 0.4) is 0 Å². The van der Waals surface area contributed by atoms with Crippen LogP contribution in [-0.2, 0) is 6.42 Å². The Kier molecular flexibility index (Phi) is 3.61. The summed E-state index contributed by atoms with van der Waals surface area (Å²) >= 11 is 1.62. The molecule has 0 aliphatic carbocycles. The zero-order valence-corrected chi connectivity index (χ0v) is 10.6. The maximum Gasteiger partial charge on any atom is 0.193 e. The molecule has 2 aromatic heterocycles. The van der Waals surface area contributed by atoms with Gasteiger partial charge in [0.2, 0.25) is 0 Å². The van der Waals surface area contributed by atoms with E-state index in [0.717, 1.165) is 23.5 Å². The van der Waals surface area contributed by atoms with Crippen LogP contribution in [0.4, 0.5) is 0 Å². The Labute approximate surface area is 99.8 Å². The summed E-state index contributed by atoms with van der Waals surface area (Å²) in [5, 5.41) is 11.9. The maximum absolute atomic E-state index is 9.87. The van der Waals surface area contributed by atoms with Gasteiger partial charge < -0.3 is 5.11 Å². The summed E-state index contributed by atoms with van der Waals surface area (Å²) in [5.41, 5.74) is 0.989. The summed E-state index contributed by atoms with van der Waals surface area (Å²) in [7, 11) is 0. The number of aliphatic hydroxyl groups excluding tert-OH is 1. The van der Waals surface area contributed by atoms with Crippen LogP contribution < -0.4 is 0 Å². The summed E-state index contributed by atoms with van der Waals surface area (Å²) in [5.74, 6) is 0.653. The molecule has 3 nitrogen and oxygen atoms in total. The number of imidazole rings is 1. The van der Waals surface area contributed by atoms with Crippen molar-refractivity contribution in [1.29, 1.82) is 0 Å². The molecular weight excluding hydrogens is 220 g/mol. The van der Waals surface area contributed by atoms with Crippen molar-refractivity contribution in [3.63, 3.8) is 0 Å². The van der Waals surface area contributed by atoms with E-state index in [1.807, 2.05) is 22.2 Å². The van der Waals surface area contributed by atoms with Crippen molar-refractivity contribution >= 4 is 16.3 Å². The van der Waals surface area contributed by atoms with Crippen LogP contribution in [0.25, 0.3) is 4.96 Å². The molecule has 0 radical (unpaired) electrons. The van der Waals surface area contributed by atoms with E-state index >= 15 is 0 Å². The number of nitrogens with zero attached hydrogens (tertiary/aromatic N) is 2. The Hall–Kier alpha value is -0.870. The molecular formula is C12H18N2OS. The van der Waals surface area contributed by atoms with Crippen molar-refractivity contribution in [2.45, 2.75) is 39.2 Å². The lowest BCUT2D eigenvalue weighted by atomic mass is 10.0. The van der Waals surface area contributed by atoms with Crippen molar-refractivity contribution in [2.24, 2.45) is 5.92 Å². The second-order valence-electron chi connectivity index (χ2n) is 4.65. The van der Waals surface area contributed by atoms with Crippen LogP contribution in [0.1, 0.15) is 32.4 Å². The first-order valence-corrected chi connectivity index (χ1v) is 6.62. The van der Waals surface area contributed by atoms with Crippen molar-refractivity contribution in [2.75, 3.05) is 0 Å². The molecule has 1 N–H and O–H groups in total. The number of rotatable bonds is 5. The minimum atomic E-state index is -0.257. The Morgan fingerprint density at radius 1 is 1.44 bits per heavy atom. The standard InChI is InChI=1S/C12H18N2OS/c1-9(2)3-4-11(15)7-10-8-14-5-6-16-12(14)13-10/h5-6,8-9,11,15H,3-4,7H2,1-2H3. The number of aromatic nitrogens is 2. The molecule has 1 atom stereocenters. The molecule has 88 valence electrons. The van der Waals surface area contributed by atoms with Crippen molar-refractivity contribution in [3.05, 3.63) is 23.5 Å². The monoisotopic (exact) mass is 238 g/mol. The van der Waals surface area contributed by atoms with Gasteiger partial charge in [-0.2, -0.15) is 0 Å². The average molecular weight is 238 g/mol. The van der Waals surface area contributed by atoms with Gasteiger partial charge in [0, 0.05) is 24.2 Å². The second-order valence-corrected chi connectivity index (χ2v) is 5.53. The Balaban J connectivity index is 1.91. The molecule has 2 aromatic rings. The van der Waals surface area contributed by atoms with E-state index in [9.17, 15) is 5.11 Å². The maximum atomic E-state index is 9.87. The van der Waals surface area contributed by atoms with E-state index < -0.39 is 0 Å². The van der Waals surface area contributed by atoms with Crippen molar-refractivity contribution in [1.82, 2.24) is 9.38 Å². The number of aliphatic hydroxyl groups is 1. The lowest BCUT2D eigenvalue weighted by Gasteiger charge is -2.10. The van der Waals surface area contributed by atoms with Gasteiger partial charge in [0.1, 0.15) is 0 Å². The van der Waals surface area contributed by atoms with Gasteiger partial charge in [-0.3, -0.25) is 4.40 Å². The Morgan fingerprint density at radius 2 is 2.25 bits per heavy atom. The highest BCUT2D eigenvalue weighted by atomic mass is 32.1. The molecule has 16 heavy (non-hydrogen) atoms. The molecule has 2 rings (SSSR count). The van der Waals surface area contributed by atoms with Gasteiger partial charge in [-0.25, -0.2) is 4.98 Å². The molecule has 0 aromatic carbocycles. The van der Waals surface area contributed by atoms with Crippen LogP contribution in [0.15, 0.2) is 17.8 Å². The smallest absolute Gasteiger partial charge is 0.193 e. The molecule has 0 aliphatic rings. The van der Waals surface area contributed by atoms with E-state index in [-0.39, 0.29) is 6.10 Å². The third-order valence-corrected chi connectivity index (χ3v) is 3.44. The van der Waals surface area contributed by atoms with E-state index in [2.05, 4.69) is 18.8 Å². The summed E-state index contributed by atoms with van der Waals surface area (Å²) in [6, 6.07) is 0. The first kappa shape index (κ1) is 11.6. The third kappa shape index (κ3) is 2.83. The Morgan fingerprint density at radius 3 is 2.94 bits per heavy atom. The molecule has 0 saturated heterocycles. The molecule has 0 fully saturated rings. The molecule has 1 unspecified atom stereocenters. The number of thiazole rings is 1. The second kappa shape index (κ2) is 4.97. The number of hydrogen-bond donors (Lipinski definition) is 1. The number of hydrogen-bond acceptors (Lipinski definition) is 3. The van der Waals surface area contributed by atoms with E-state index in [1.54, 1.807) is 11.3 Å². The predicted molar refractivity (Wildman–Crippen MR) is 66.9 cm³/mol. The van der Waals surface area contributed by atoms with E-state index in [0.29, 0.717) is 12.3 Å². The fourth-order valence-electron chi connectivity index (χ4n) is 1.74. The lowest BCUT2D eigenvalue weighted by molar-refractivity contribution is 0.156. The first-order valence-electron chi connectivity index (χ1n) is 5.74. The number of fused-ring (bicyclic) bond motifs is 1. The zero-order valence-electron chi connectivity index (χ0n) is 9.76. The topological polar surface area (TPSA) is 37.5 Å². The lowest BCUT2D eigenvalue weighted by Crippen LogP contribution is -2.11. The van der Waals surface area contributed by atoms with Crippen molar-refractivity contribution in [3.8, 4) is 0 Å². The summed E-state index contributed by atoms with van der Waals surface area (Å²) in [4.78, 5) is 5.47. The summed E-state index contributed by atoms with van der Waals surface area (Å²) in [6.07, 6.45) is 6.35. The highest BCUT2D eigenvalue weighted by Crippen LogP contribution is 2.15.